The number of benzene rings is 2. The molecule has 7 heteroatoms. The maximum Gasteiger partial charge on any atom is 0.218 e. The summed E-state index contributed by atoms with van der Waals surface area (Å²) in [6, 6.07) is 12.1. The Morgan fingerprint density at radius 1 is 1.16 bits per heavy atom. The summed E-state index contributed by atoms with van der Waals surface area (Å²) >= 11 is 3.59. The molecular formula is C18H19BrN4O2. The Balaban J connectivity index is 1.81. The molecule has 3 aromatic rings. The molecule has 0 aliphatic carbocycles. The number of rotatable bonds is 7. The summed E-state index contributed by atoms with van der Waals surface area (Å²) in [4.78, 5) is 4.07. The molecule has 0 aliphatic heterocycles. The minimum absolute atomic E-state index is 0.461. The van der Waals surface area contributed by atoms with Gasteiger partial charge in [-0.05, 0) is 24.6 Å². The minimum atomic E-state index is 0.461. The number of H-pyrrole nitrogens is 1. The van der Waals surface area contributed by atoms with Gasteiger partial charge in [0.05, 0.1) is 7.11 Å². The summed E-state index contributed by atoms with van der Waals surface area (Å²) in [7, 11) is 1.63. The van der Waals surface area contributed by atoms with Crippen LogP contribution in [0.1, 0.15) is 16.7 Å². The van der Waals surface area contributed by atoms with Crippen LogP contribution in [0, 0.1) is 6.92 Å². The van der Waals surface area contributed by atoms with Gasteiger partial charge in [0.1, 0.15) is 12.9 Å². The first-order valence-corrected chi connectivity index (χ1v) is 8.59. The summed E-state index contributed by atoms with van der Waals surface area (Å²) in [6.07, 6.45) is 1.46. The highest BCUT2D eigenvalue weighted by Gasteiger charge is 2.15. The molecule has 130 valence electrons. The molecule has 0 unspecified atom stereocenters. The number of aryl methyl sites for hydroxylation is 1. The zero-order valence-corrected chi connectivity index (χ0v) is 15.6. The number of halogens is 1. The van der Waals surface area contributed by atoms with Gasteiger partial charge >= 0.3 is 0 Å². The van der Waals surface area contributed by atoms with Gasteiger partial charge in [-0.3, -0.25) is 0 Å². The Bertz CT molecular complexity index is 820. The Hall–Kier alpha value is -2.54. The molecule has 0 radical (unpaired) electrons. The van der Waals surface area contributed by atoms with E-state index in [1.807, 2.05) is 12.1 Å². The van der Waals surface area contributed by atoms with Gasteiger partial charge in [-0.25, -0.2) is 10.1 Å². The molecule has 1 aromatic heterocycles. The van der Waals surface area contributed by atoms with Crippen molar-refractivity contribution in [2.24, 2.45) is 0 Å². The second-order valence-electron chi connectivity index (χ2n) is 5.52. The minimum Gasteiger partial charge on any atom is -0.493 e. The quantitative estimate of drug-likeness (QED) is 0.622. The van der Waals surface area contributed by atoms with E-state index in [1.54, 1.807) is 7.11 Å². The van der Waals surface area contributed by atoms with E-state index in [1.165, 1.54) is 11.9 Å². The molecular weight excluding hydrogens is 384 g/mol. The van der Waals surface area contributed by atoms with E-state index in [0.717, 1.165) is 15.6 Å². The average molecular weight is 403 g/mol. The second kappa shape index (κ2) is 8.02. The van der Waals surface area contributed by atoms with Gasteiger partial charge in [0.25, 0.3) is 0 Å². The predicted molar refractivity (Wildman–Crippen MR) is 99.9 cm³/mol. The largest absolute Gasteiger partial charge is 0.493 e. The monoisotopic (exact) mass is 402 g/mol. The fourth-order valence-electron chi connectivity index (χ4n) is 2.37. The molecule has 1 heterocycles. The first-order valence-electron chi connectivity index (χ1n) is 7.80. The molecule has 0 amide bonds. The lowest BCUT2D eigenvalue weighted by atomic mass is 10.1. The van der Waals surface area contributed by atoms with Crippen LogP contribution in [0.3, 0.4) is 0 Å². The highest BCUT2D eigenvalue weighted by atomic mass is 79.9. The molecule has 0 bridgehead atoms. The Kier molecular flexibility index (Phi) is 5.55. The molecule has 6 nitrogen and oxygen atoms in total. The molecule has 0 fully saturated rings. The number of nitrogens with zero attached hydrogens (tertiary/aromatic N) is 2. The molecule has 0 atom stereocenters. The van der Waals surface area contributed by atoms with Crippen molar-refractivity contribution in [2.45, 2.75) is 20.1 Å². The van der Waals surface area contributed by atoms with Crippen molar-refractivity contribution in [1.29, 1.82) is 0 Å². The Morgan fingerprint density at radius 3 is 2.64 bits per heavy atom. The number of methoxy groups -OCH3 is 1. The van der Waals surface area contributed by atoms with Gasteiger partial charge < -0.3 is 14.8 Å². The highest BCUT2D eigenvalue weighted by Crippen LogP contribution is 2.37. The van der Waals surface area contributed by atoms with Crippen LogP contribution in [0.25, 0.3) is 0 Å². The third kappa shape index (κ3) is 4.30. The number of anilines is 1. The van der Waals surface area contributed by atoms with Gasteiger partial charge in [-0.2, -0.15) is 5.10 Å². The van der Waals surface area contributed by atoms with Gasteiger partial charge in [0, 0.05) is 16.6 Å². The van der Waals surface area contributed by atoms with E-state index in [9.17, 15) is 0 Å². The van der Waals surface area contributed by atoms with Crippen molar-refractivity contribution >= 4 is 21.9 Å². The van der Waals surface area contributed by atoms with E-state index >= 15 is 0 Å². The van der Waals surface area contributed by atoms with Crippen molar-refractivity contribution in [3.05, 3.63) is 63.9 Å². The van der Waals surface area contributed by atoms with Crippen LogP contribution in [0.15, 0.2) is 47.2 Å². The van der Waals surface area contributed by atoms with Gasteiger partial charge in [0.2, 0.25) is 5.95 Å². The van der Waals surface area contributed by atoms with Crippen molar-refractivity contribution < 1.29 is 9.47 Å². The molecule has 3 rings (SSSR count). The van der Waals surface area contributed by atoms with Crippen LogP contribution in [0.5, 0.6) is 11.5 Å². The van der Waals surface area contributed by atoms with E-state index < -0.39 is 0 Å². The molecule has 25 heavy (non-hydrogen) atoms. The molecule has 0 spiro atoms. The predicted octanol–water partition coefficient (Wildman–Crippen LogP) is 4.08. The normalized spacial score (nSPS) is 10.5. The number of ether oxygens (including phenoxy) is 2. The fourth-order valence-corrected chi connectivity index (χ4v) is 2.82. The van der Waals surface area contributed by atoms with Gasteiger partial charge in [0.15, 0.2) is 11.5 Å². The van der Waals surface area contributed by atoms with Gasteiger partial charge in [-0.1, -0.05) is 45.8 Å². The van der Waals surface area contributed by atoms with Crippen molar-refractivity contribution in [1.82, 2.24) is 15.2 Å². The van der Waals surface area contributed by atoms with Crippen LogP contribution >= 0.6 is 15.9 Å². The third-order valence-corrected chi connectivity index (χ3v) is 4.48. The van der Waals surface area contributed by atoms with E-state index in [4.69, 9.17) is 9.47 Å². The van der Waals surface area contributed by atoms with Crippen LogP contribution in [-0.2, 0) is 13.2 Å². The van der Waals surface area contributed by atoms with Crippen LogP contribution < -0.4 is 14.8 Å². The summed E-state index contributed by atoms with van der Waals surface area (Å²) < 4.78 is 12.5. The third-order valence-electron chi connectivity index (χ3n) is 3.74. The highest BCUT2D eigenvalue weighted by molar-refractivity contribution is 9.10. The Labute approximate surface area is 154 Å². The first kappa shape index (κ1) is 17.3. The number of hydrogen-bond acceptors (Lipinski definition) is 5. The van der Waals surface area contributed by atoms with E-state index in [-0.39, 0.29) is 0 Å². The zero-order chi connectivity index (χ0) is 17.6. The Morgan fingerprint density at radius 2 is 1.96 bits per heavy atom. The standard InChI is InChI=1S/C18H19BrN4O2/c1-12-3-5-13(6-4-12)10-25-17-14(9-20-18-21-11-22-23-18)15(19)7-8-16(17)24-2/h3-8,11H,9-10H2,1-2H3,(H2,20,21,22,23). The van der Waals surface area contributed by atoms with Crippen molar-refractivity contribution in [3.8, 4) is 11.5 Å². The average Bonchev–Trinajstić information content (AvgIpc) is 3.14. The van der Waals surface area contributed by atoms with Crippen molar-refractivity contribution in [2.75, 3.05) is 12.4 Å². The SMILES string of the molecule is COc1ccc(Br)c(CNc2ncn[nH]2)c1OCc1ccc(C)cc1. The number of aromatic amines is 1. The topological polar surface area (TPSA) is 72.1 Å². The van der Waals surface area contributed by atoms with Crippen LogP contribution in [-0.4, -0.2) is 22.3 Å². The lowest BCUT2D eigenvalue weighted by Gasteiger charge is -2.17. The van der Waals surface area contributed by atoms with Crippen LogP contribution in [0.4, 0.5) is 5.95 Å². The molecule has 2 aromatic carbocycles. The molecule has 0 saturated carbocycles. The molecule has 2 N–H and O–H groups in total. The summed E-state index contributed by atoms with van der Waals surface area (Å²) in [6.45, 7) is 3.04. The summed E-state index contributed by atoms with van der Waals surface area (Å²) in [5.41, 5.74) is 3.27. The fraction of sp³-hybridized carbons (Fsp3) is 0.222. The maximum absolute atomic E-state index is 6.09. The summed E-state index contributed by atoms with van der Waals surface area (Å²) in [5, 5.41) is 9.79. The maximum atomic E-state index is 6.09. The smallest absolute Gasteiger partial charge is 0.218 e. The lowest BCUT2D eigenvalue weighted by Crippen LogP contribution is -2.07. The summed E-state index contributed by atoms with van der Waals surface area (Å²) in [5.74, 6) is 1.98. The van der Waals surface area contributed by atoms with Crippen LogP contribution in [0.2, 0.25) is 0 Å². The number of aromatic nitrogens is 3. The number of hydrogen-bond donors (Lipinski definition) is 2. The van der Waals surface area contributed by atoms with E-state index in [2.05, 4.69) is 67.6 Å². The zero-order valence-electron chi connectivity index (χ0n) is 14.0. The second-order valence-corrected chi connectivity index (χ2v) is 6.37. The molecule has 0 aliphatic rings. The first-order chi connectivity index (χ1) is 12.2. The molecule has 0 saturated heterocycles. The lowest BCUT2D eigenvalue weighted by molar-refractivity contribution is 0.281. The van der Waals surface area contributed by atoms with Gasteiger partial charge in [-0.15, -0.1) is 0 Å². The van der Waals surface area contributed by atoms with E-state index in [0.29, 0.717) is 30.6 Å². The number of nitrogens with one attached hydrogen (secondary N) is 2. The van der Waals surface area contributed by atoms with Crippen molar-refractivity contribution in [3.63, 3.8) is 0 Å².